The van der Waals surface area contributed by atoms with Crippen molar-refractivity contribution >= 4 is 5.91 Å². The van der Waals surface area contributed by atoms with Crippen LogP contribution in [0.15, 0.2) is 36.4 Å². The summed E-state index contributed by atoms with van der Waals surface area (Å²) in [5.74, 6) is 0.885. The number of carbonyl (C=O) groups excluding carboxylic acids is 1. The monoisotopic (exact) mass is 349 g/mol. The third-order valence-electron chi connectivity index (χ3n) is 5.54. The first-order valence-electron chi connectivity index (χ1n) is 9.63. The van der Waals surface area contributed by atoms with Crippen LogP contribution in [-0.4, -0.2) is 11.5 Å². The number of aryl methyl sites for hydroxylation is 3. The van der Waals surface area contributed by atoms with E-state index in [-0.39, 0.29) is 17.6 Å². The van der Waals surface area contributed by atoms with Crippen LogP contribution in [0.2, 0.25) is 0 Å². The molecule has 0 saturated heterocycles. The molecule has 136 valence electrons. The highest BCUT2D eigenvalue weighted by molar-refractivity contribution is 5.94. The number of benzene rings is 2. The highest BCUT2D eigenvalue weighted by Gasteiger charge is 2.34. The van der Waals surface area contributed by atoms with Crippen LogP contribution in [0.4, 0.5) is 0 Å². The summed E-state index contributed by atoms with van der Waals surface area (Å²) >= 11 is 0. The maximum atomic E-state index is 13.0. The van der Waals surface area contributed by atoms with E-state index in [0.717, 1.165) is 36.1 Å². The van der Waals surface area contributed by atoms with Crippen LogP contribution < -0.4 is 10.1 Å². The molecule has 1 atom stereocenters. The molecule has 3 nitrogen and oxygen atoms in total. The molecule has 26 heavy (non-hydrogen) atoms. The van der Waals surface area contributed by atoms with Gasteiger partial charge in [0.2, 0.25) is 0 Å². The van der Waals surface area contributed by atoms with E-state index in [1.807, 2.05) is 12.1 Å². The third kappa shape index (κ3) is 3.35. The number of ether oxygens (including phenoxy) is 1. The molecule has 4 rings (SSSR count). The summed E-state index contributed by atoms with van der Waals surface area (Å²) in [7, 11) is 0. The number of rotatable bonds is 2. The number of fused-ring (bicyclic) bond motifs is 2. The summed E-state index contributed by atoms with van der Waals surface area (Å²) < 4.78 is 6.11. The summed E-state index contributed by atoms with van der Waals surface area (Å²) in [6.07, 6.45) is 5.46. The van der Waals surface area contributed by atoms with Crippen LogP contribution >= 0.6 is 0 Å². The van der Waals surface area contributed by atoms with E-state index in [2.05, 4.69) is 50.4 Å². The molecule has 1 amide bonds. The lowest BCUT2D eigenvalue weighted by atomic mass is 9.88. The second-order valence-electron chi connectivity index (χ2n) is 8.32. The Balaban J connectivity index is 1.60. The highest BCUT2D eigenvalue weighted by Crippen LogP contribution is 2.40. The molecule has 3 heteroatoms. The van der Waals surface area contributed by atoms with Gasteiger partial charge in [0, 0.05) is 17.5 Å². The van der Waals surface area contributed by atoms with Gasteiger partial charge in [0.15, 0.2) is 0 Å². The van der Waals surface area contributed by atoms with Crippen LogP contribution in [0, 0.1) is 6.92 Å². The van der Waals surface area contributed by atoms with Crippen molar-refractivity contribution in [3.05, 3.63) is 64.2 Å². The molecule has 0 aromatic heterocycles. The van der Waals surface area contributed by atoms with Gasteiger partial charge in [0.05, 0.1) is 6.04 Å². The average molecular weight is 349 g/mol. The number of hydrogen-bond donors (Lipinski definition) is 1. The van der Waals surface area contributed by atoms with Gasteiger partial charge in [0.25, 0.3) is 5.91 Å². The largest absolute Gasteiger partial charge is 0.487 e. The van der Waals surface area contributed by atoms with Crippen LogP contribution in [0.25, 0.3) is 0 Å². The van der Waals surface area contributed by atoms with E-state index < -0.39 is 0 Å². The molecule has 0 unspecified atom stereocenters. The zero-order valence-electron chi connectivity index (χ0n) is 15.9. The van der Waals surface area contributed by atoms with Gasteiger partial charge in [-0.2, -0.15) is 0 Å². The van der Waals surface area contributed by atoms with Gasteiger partial charge in [-0.15, -0.1) is 0 Å². The van der Waals surface area contributed by atoms with Crippen molar-refractivity contribution in [2.24, 2.45) is 0 Å². The summed E-state index contributed by atoms with van der Waals surface area (Å²) in [6.45, 7) is 6.23. The Morgan fingerprint density at radius 2 is 1.85 bits per heavy atom. The summed E-state index contributed by atoms with van der Waals surface area (Å²) in [5.41, 5.74) is 5.48. The summed E-state index contributed by atoms with van der Waals surface area (Å²) in [4.78, 5) is 13.0. The Hall–Kier alpha value is -2.29. The van der Waals surface area contributed by atoms with E-state index in [0.29, 0.717) is 0 Å². The standard InChI is InChI=1S/C23H27NO2/c1-15-8-11-21-19(12-15)20(14-23(2,3)26-21)24-22(25)18-10-9-16-6-4-5-7-17(16)13-18/h8-13,20H,4-7,14H2,1-3H3,(H,24,25)/t20-/m0/s1. The minimum absolute atomic E-state index is 0.00790. The lowest BCUT2D eigenvalue weighted by Gasteiger charge is -2.38. The SMILES string of the molecule is Cc1ccc2c(c1)[C@@H](NC(=O)c1ccc3c(c1)CCCC3)CC(C)(C)O2. The maximum Gasteiger partial charge on any atom is 0.251 e. The van der Waals surface area contributed by atoms with Crippen LogP contribution in [0.5, 0.6) is 5.75 Å². The summed E-state index contributed by atoms with van der Waals surface area (Å²) in [6, 6.07) is 12.4. The number of hydrogen-bond acceptors (Lipinski definition) is 2. The lowest BCUT2D eigenvalue weighted by Crippen LogP contribution is -2.41. The predicted octanol–water partition coefficient (Wildman–Crippen LogP) is 4.91. The van der Waals surface area contributed by atoms with Gasteiger partial charge in [-0.1, -0.05) is 23.8 Å². The Kier molecular flexibility index (Phi) is 4.26. The second-order valence-corrected chi connectivity index (χ2v) is 8.32. The van der Waals surface area contributed by atoms with Gasteiger partial charge in [-0.3, -0.25) is 4.79 Å². The van der Waals surface area contributed by atoms with Gasteiger partial charge in [0.1, 0.15) is 11.4 Å². The normalized spacial score (nSPS) is 20.5. The van der Waals surface area contributed by atoms with Crippen molar-refractivity contribution in [3.8, 4) is 5.75 Å². The molecule has 0 fully saturated rings. The molecule has 2 aromatic rings. The Morgan fingerprint density at radius 1 is 1.08 bits per heavy atom. The third-order valence-corrected chi connectivity index (χ3v) is 5.54. The molecule has 0 saturated carbocycles. The molecule has 2 aliphatic rings. The van der Waals surface area contributed by atoms with Gasteiger partial charge in [-0.25, -0.2) is 0 Å². The zero-order chi connectivity index (χ0) is 18.3. The van der Waals surface area contributed by atoms with Crippen molar-refractivity contribution in [2.45, 2.75) is 64.5 Å². The highest BCUT2D eigenvalue weighted by atomic mass is 16.5. The molecule has 1 heterocycles. The Morgan fingerprint density at radius 3 is 2.65 bits per heavy atom. The minimum atomic E-state index is -0.296. The van der Waals surface area contributed by atoms with Crippen molar-refractivity contribution in [1.82, 2.24) is 5.32 Å². The van der Waals surface area contributed by atoms with Crippen molar-refractivity contribution in [3.63, 3.8) is 0 Å². The van der Waals surface area contributed by atoms with Crippen LogP contribution in [-0.2, 0) is 12.8 Å². The topological polar surface area (TPSA) is 38.3 Å². The first-order chi connectivity index (χ1) is 12.4. The van der Waals surface area contributed by atoms with Crippen LogP contribution in [0.1, 0.15) is 71.8 Å². The van der Waals surface area contributed by atoms with E-state index in [1.54, 1.807) is 0 Å². The average Bonchev–Trinajstić information content (AvgIpc) is 2.61. The van der Waals surface area contributed by atoms with Crippen molar-refractivity contribution in [2.75, 3.05) is 0 Å². The first-order valence-corrected chi connectivity index (χ1v) is 9.63. The van der Waals surface area contributed by atoms with Crippen LogP contribution in [0.3, 0.4) is 0 Å². The second kappa shape index (κ2) is 6.46. The Bertz CT molecular complexity index is 853. The molecule has 2 aromatic carbocycles. The molecular weight excluding hydrogens is 322 g/mol. The first kappa shape index (κ1) is 17.1. The van der Waals surface area contributed by atoms with Gasteiger partial charge in [-0.05, 0) is 75.8 Å². The predicted molar refractivity (Wildman–Crippen MR) is 104 cm³/mol. The summed E-state index contributed by atoms with van der Waals surface area (Å²) in [5, 5.41) is 3.26. The molecule has 0 spiro atoms. The molecule has 0 bridgehead atoms. The fourth-order valence-corrected chi connectivity index (χ4v) is 4.22. The van der Waals surface area contributed by atoms with E-state index in [1.165, 1.54) is 29.5 Å². The maximum absolute atomic E-state index is 13.0. The lowest BCUT2D eigenvalue weighted by molar-refractivity contribution is 0.0619. The Labute approximate surface area is 155 Å². The number of amides is 1. The van der Waals surface area contributed by atoms with Crippen molar-refractivity contribution < 1.29 is 9.53 Å². The molecule has 1 aliphatic carbocycles. The van der Waals surface area contributed by atoms with Gasteiger partial charge >= 0.3 is 0 Å². The number of nitrogens with one attached hydrogen (secondary N) is 1. The molecule has 1 aliphatic heterocycles. The number of carbonyl (C=O) groups is 1. The molecule has 0 radical (unpaired) electrons. The smallest absolute Gasteiger partial charge is 0.251 e. The molecular formula is C23H27NO2. The fourth-order valence-electron chi connectivity index (χ4n) is 4.22. The minimum Gasteiger partial charge on any atom is -0.487 e. The van der Waals surface area contributed by atoms with Gasteiger partial charge < -0.3 is 10.1 Å². The van der Waals surface area contributed by atoms with E-state index >= 15 is 0 Å². The van der Waals surface area contributed by atoms with Crippen molar-refractivity contribution in [1.29, 1.82) is 0 Å². The fraction of sp³-hybridized carbons (Fsp3) is 0.435. The van der Waals surface area contributed by atoms with E-state index in [4.69, 9.17) is 4.74 Å². The quantitative estimate of drug-likeness (QED) is 0.837. The van der Waals surface area contributed by atoms with E-state index in [9.17, 15) is 4.79 Å². The molecule has 1 N–H and O–H groups in total. The zero-order valence-corrected chi connectivity index (χ0v) is 15.9.